The summed E-state index contributed by atoms with van der Waals surface area (Å²) in [6, 6.07) is 6.96. The predicted molar refractivity (Wildman–Crippen MR) is 85.8 cm³/mol. The Kier molecular flexibility index (Phi) is 3.11. The minimum absolute atomic E-state index is 0.427. The molecule has 1 aromatic carbocycles. The highest BCUT2D eigenvalue weighted by Crippen LogP contribution is 2.44. The van der Waals surface area contributed by atoms with E-state index in [1.807, 2.05) is 23.9 Å². The number of allylic oxidation sites excluding steroid dienone is 3. The molecule has 2 heteroatoms. The minimum atomic E-state index is 0.427. The Hall–Kier alpha value is -1.67. The number of thioether (sulfide) groups is 1. The van der Waals surface area contributed by atoms with Gasteiger partial charge >= 0.3 is 0 Å². The van der Waals surface area contributed by atoms with Gasteiger partial charge in [0, 0.05) is 11.9 Å². The molecule has 2 unspecified atom stereocenters. The zero-order chi connectivity index (χ0) is 13.4. The Morgan fingerprint density at radius 2 is 2.11 bits per heavy atom. The molecule has 19 heavy (non-hydrogen) atoms. The molecule has 2 aliphatic rings. The molecule has 1 aromatic rings. The first kappa shape index (κ1) is 12.4. The van der Waals surface area contributed by atoms with Crippen molar-refractivity contribution in [3.63, 3.8) is 0 Å². The maximum Gasteiger partial charge on any atom is 0.0631 e. The van der Waals surface area contributed by atoms with Crippen molar-refractivity contribution in [1.82, 2.24) is 0 Å². The lowest BCUT2D eigenvalue weighted by molar-refractivity contribution is 0.744. The van der Waals surface area contributed by atoms with Gasteiger partial charge in [-0.05, 0) is 23.3 Å². The summed E-state index contributed by atoms with van der Waals surface area (Å²) < 4.78 is 0. The summed E-state index contributed by atoms with van der Waals surface area (Å²) in [6.07, 6.45) is 10.6. The molecule has 0 N–H and O–H groups in total. The fourth-order valence-electron chi connectivity index (χ4n) is 2.60. The maximum atomic E-state index is 3.86. The molecule has 2 atom stereocenters. The van der Waals surface area contributed by atoms with Crippen LogP contribution in [0.15, 0.2) is 66.1 Å². The number of nitrogens with zero attached hydrogens (tertiary/aromatic N) is 1. The van der Waals surface area contributed by atoms with Crippen molar-refractivity contribution in [2.45, 2.75) is 16.2 Å². The average Bonchev–Trinajstić information content (AvgIpc) is 2.46. The van der Waals surface area contributed by atoms with Crippen molar-refractivity contribution in [3.8, 4) is 0 Å². The van der Waals surface area contributed by atoms with E-state index >= 15 is 0 Å². The second-order valence-corrected chi connectivity index (χ2v) is 6.07. The predicted octanol–water partition coefficient (Wildman–Crippen LogP) is 4.29. The first-order valence-electron chi connectivity index (χ1n) is 6.41. The maximum absolute atomic E-state index is 3.86. The number of likely N-dealkylation sites (N-methyl/N-ethyl adjacent to an activating group) is 1. The van der Waals surface area contributed by atoms with Crippen LogP contribution in [0.5, 0.6) is 0 Å². The van der Waals surface area contributed by atoms with E-state index in [-0.39, 0.29) is 0 Å². The van der Waals surface area contributed by atoms with E-state index in [0.29, 0.717) is 11.3 Å². The lowest BCUT2D eigenvalue weighted by Crippen LogP contribution is -2.41. The smallest absolute Gasteiger partial charge is 0.0631 e. The van der Waals surface area contributed by atoms with E-state index in [2.05, 4.69) is 61.5 Å². The van der Waals surface area contributed by atoms with Crippen LogP contribution in [0.25, 0.3) is 6.08 Å². The van der Waals surface area contributed by atoms with Gasteiger partial charge in [0.2, 0.25) is 0 Å². The molecule has 0 fully saturated rings. The lowest BCUT2D eigenvalue weighted by atomic mass is 10.0. The first-order chi connectivity index (χ1) is 9.22. The van der Waals surface area contributed by atoms with Crippen LogP contribution in [0.4, 0.5) is 5.69 Å². The van der Waals surface area contributed by atoms with Crippen LogP contribution in [0.3, 0.4) is 0 Å². The quantitative estimate of drug-likeness (QED) is 0.786. The Balaban J connectivity index is 2.03. The molecule has 1 heterocycles. The molecule has 0 bridgehead atoms. The van der Waals surface area contributed by atoms with Gasteiger partial charge in [-0.2, -0.15) is 0 Å². The zero-order valence-electron chi connectivity index (χ0n) is 11.0. The second kappa shape index (κ2) is 4.78. The highest BCUT2D eigenvalue weighted by Gasteiger charge is 2.31. The lowest BCUT2D eigenvalue weighted by Gasteiger charge is -2.40. The van der Waals surface area contributed by atoms with E-state index in [1.54, 1.807) is 0 Å². The minimum Gasteiger partial charge on any atom is -0.366 e. The average molecular weight is 267 g/mol. The number of hydrogen-bond acceptors (Lipinski definition) is 2. The van der Waals surface area contributed by atoms with Crippen molar-refractivity contribution in [2.75, 3.05) is 11.9 Å². The third-order valence-corrected chi connectivity index (χ3v) is 4.99. The Morgan fingerprint density at radius 3 is 2.84 bits per heavy atom. The fourth-order valence-corrected chi connectivity index (χ4v) is 4.07. The third kappa shape index (κ3) is 2.06. The van der Waals surface area contributed by atoms with E-state index in [9.17, 15) is 0 Å². The van der Waals surface area contributed by atoms with Crippen LogP contribution in [-0.4, -0.2) is 18.3 Å². The summed E-state index contributed by atoms with van der Waals surface area (Å²) in [5.74, 6) is 0. The van der Waals surface area contributed by atoms with Gasteiger partial charge in [-0.25, -0.2) is 0 Å². The summed E-state index contributed by atoms with van der Waals surface area (Å²) in [7, 11) is 2.17. The number of anilines is 1. The second-order valence-electron chi connectivity index (χ2n) is 4.85. The van der Waals surface area contributed by atoms with Crippen molar-refractivity contribution < 1.29 is 0 Å². The summed E-state index contributed by atoms with van der Waals surface area (Å²) in [6.45, 7) is 7.70. The van der Waals surface area contributed by atoms with Gasteiger partial charge in [0.05, 0.1) is 17.0 Å². The van der Waals surface area contributed by atoms with Crippen molar-refractivity contribution in [1.29, 1.82) is 0 Å². The summed E-state index contributed by atoms with van der Waals surface area (Å²) in [5, 5.41) is 0.454. The molecule has 0 radical (unpaired) electrons. The fraction of sp³-hybridized carbons (Fsp3) is 0.176. The third-order valence-electron chi connectivity index (χ3n) is 3.72. The zero-order valence-corrected chi connectivity index (χ0v) is 11.9. The molecule has 3 rings (SSSR count). The van der Waals surface area contributed by atoms with Crippen LogP contribution in [-0.2, 0) is 0 Å². The van der Waals surface area contributed by atoms with Crippen LogP contribution >= 0.6 is 11.8 Å². The van der Waals surface area contributed by atoms with Crippen LogP contribution in [0, 0.1) is 0 Å². The van der Waals surface area contributed by atoms with E-state index in [4.69, 9.17) is 0 Å². The molecule has 0 saturated heterocycles. The van der Waals surface area contributed by atoms with Crippen LogP contribution < -0.4 is 4.90 Å². The number of rotatable bonds is 2. The molecule has 0 aromatic heterocycles. The van der Waals surface area contributed by atoms with E-state index in [0.717, 1.165) is 0 Å². The molecule has 1 aliphatic carbocycles. The molecule has 0 saturated carbocycles. The molecule has 1 nitrogen and oxygen atoms in total. The molecule has 0 amide bonds. The van der Waals surface area contributed by atoms with Gasteiger partial charge in [-0.15, -0.1) is 11.8 Å². The van der Waals surface area contributed by atoms with Gasteiger partial charge in [0.1, 0.15) is 0 Å². The largest absolute Gasteiger partial charge is 0.366 e. The molecule has 96 valence electrons. The highest BCUT2D eigenvalue weighted by atomic mass is 32.2. The van der Waals surface area contributed by atoms with Gasteiger partial charge in [0.15, 0.2) is 0 Å². The first-order valence-corrected chi connectivity index (χ1v) is 7.29. The summed E-state index contributed by atoms with van der Waals surface area (Å²) in [4.78, 5) is 3.69. The van der Waals surface area contributed by atoms with Crippen molar-refractivity contribution >= 4 is 23.5 Å². The van der Waals surface area contributed by atoms with Crippen LogP contribution in [0.1, 0.15) is 5.56 Å². The summed E-state index contributed by atoms with van der Waals surface area (Å²) >= 11 is 1.93. The Morgan fingerprint density at radius 1 is 1.26 bits per heavy atom. The normalized spacial score (nSPS) is 24.3. The Bertz CT molecular complexity index is 597. The van der Waals surface area contributed by atoms with E-state index in [1.165, 1.54) is 21.7 Å². The van der Waals surface area contributed by atoms with Gasteiger partial charge in [0.25, 0.3) is 0 Å². The number of fused-ring (bicyclic) bond motifs is 2. The molecular weight excluding hydrogens is 250 g/mol. The highest BCUT2D eigenvalue weighted by molar-refractivity contribution is 8.00. The molecular formula is C17H17NS. The van der Waals surface area contributed by atoms with E-state index < -0.39 is 0 Å². The number of hydrogen-bond donors (Lipinski definition) is 0. The van der Waals surface area contributed by atoms with Crippen LogP contribution in [0.2, 0.25) is 0 Å². The standard InChI is InChI=1S/C17H17NS/c1-4-12-6-8-14-16(10-12)19-17-11-13(5-2)7-9-15(17)18(14)3/h4-11,14,16H,1-2H2,3H3. The molecule has 0 spiro atoms. The monoisotopic (exact) mass is 267 g/mol. The van der Waals surface area contributed by atoms with Crippen molar-refractivity contribution in [3.05, 3.63) is 66.8 Å². The number of benzene rings is 1. The molecule has 1 aliphatic heterocycles. The Labute approximate surface area is 119 Å². The topological polar surface area (TPSA) is 3.24 Å². The van der Waals surface area contributed by atoms with Gasteiger partial charge in [-0.3, -0.25) is 0 Å². The summed E-state index contributed by atoms with van der Waals surface area (Å²) in [5.41, 5.74) is 3.69. The van der Waals surface area contributed by atoms with Gasteiger partial charge in [-0.1, -0.05) is 49.6 Å². The van der Waals surface area contributed by atoms with Crippen molar-refractivity contribution in [2.24, 2.45) is 0 Å². The van der Waals surface area contributed by atoms with Gasteiger partial charge < -0.3 is 4.90 Å². The SMILES string of the molecule is C=CC1=CC2Sc3cc(C=C)ccc3N(C)C2C=C1.